The standard InChI is InChI=1S/C16H19NO/c1-18-16-9-8-13(12-5-4-10-17-11-12)14-6-2-3-7-15(14)16/h2-3,6-9,12,17H,4-5,10-11H2,1H3. The summed E-state index contributed by atoms with van der Waals surface area (Å²) < 4.78 is 5.45. The van der Waals surface area contributed by atoms with Gasteiger partial charge in [-0.15, -0.1) is 0 Å². The molecule has 0 saturated carbocycles. The van der Waals surface area contributed by atoms with E-state index >= 15 is 0 Å². The largest absolute Gasteiger partial charge is 0.496 e. The quantitative estimate of drug-likeness (QED) is 0.871. The third kappa shape index (κ3) is 1.97. The first-order chi connectivity index (χ1) is 8.90. The van der Waals surface area contributed by atoms with Crippen molar-refractivity contribution in [2.75, 3.05) is 20.2 Å². The molecular formula is C16H19NO. The molecule has 2 aromatic carbocycles. The summed E-state index contributed by atoms with van der Waals surface area (Å²) in [5.41, 5.74) is 1.46. The Hall–Kier alpha value is -1.54. The van der Waals surface area contributed by atoms with Gasteiger partial charge in [0.15, 0.2) is 0 Å². The molecule has 0 radical (unpaired) electrons. The van der Waals surface area contributed by atoms with Crippen LogP contribution in [0, 0.1) is 0 Å². The molecule has 1 aliphatic rings. The summed E-state index contributed by atoms with van der Waals surface area (Å²) in [6.45, 7) is 2.25. The lowest BCUT2D eigenvalue weighted by Gasteiger charge is -2.24. The van der Waals surface area contributed by atoms with Gasteiger partial charge in [-0.05, 0) is 42.3 Å². The molecule has 1 heterocycles. The van der Waals surface area contributed by atoms with Crippen molar-refractivity contribution in [3.05, 3.63) is 42.0 Å². The van der Waals surface area contributed by atoms with Crippen molar-refractivity contribution in [2.24, 2.45) is 0 Å². The van der Waals surface area contributed by atoms with Gasteiger partial charge in [-0.1, -0.05) is 30.3 Å². The number of methoxy groups -OCH3 is 1. The van der Waals surface area contributed by atoms with E-state index in [9.17, 15) is 0 Å². The van der Waals surface area contributed by atoms with E-state index < -0.39 is 0 Å². The zero-order valence-electron chi connectivity index (χ0n) is 10.8. The first-order valence-electron chi connectivity index (χ1n) is 6.66. The maximum atomic E-state index is 5.45. The Bertz CT molecular complexity index is 544. The van der Waals surface area contributed by atoms with E-state index in [1.165, 1.54) is 29.2 Å². The SMILES string of the molecule is COc1ccc(C2CCCNC2)c2ccccc12. The van der Waals surface area contributed by atoms with Gasteiger partial charge in [0.05, 0.1) is 7.11 Å². The van der Waals surface area contributed by atoms with Crippen molar-refractivity contribution < 1.29 is 4.74 Å². The minimum Gasteiger partial charge on any atom is -0.496 e. The zero-order valence-corrected chi connectivity index (χ0v) is 10.8. The molecule has 2 heteroatoms. The molecular weight excluding hydrogens is 222 g/mol. The molecule has 1 N–H and O–H groups in total. The van der Waals surface area contributed by atoms with Crippen molar-refractivity contribution in [3.63, 3.8) is 0 Å². The van der Waals surface area contributed by atoms with Crippen LogP contribution in [0.15, 0.2) is 36.4 Å². The van der Waals surface area contributed by atoms with Crippen molar-refractivity contribution in [2.45, 2.75) is 18.8 Å². The number of piperidine rings is 1. The number of fused-ring (bicyclic) bond motifs is 1. The number of hydrogen-bond acceptors (Lipinski definition) is 2. The molecule has 1 fully saturated rings. The van der Waals surface area contributed by atoms with Gasteiger partial charge in [0.25, 0.3) is 0 Å². The maximum absolute atomic E-state index is 5.45. The summed E-state index contributed by atoms with van der Waals surface area (Å²) in [7, 11) is 1.74. The Kier molecular flexibility index (Phi) is 3.20. The second kappa shape index (κ2) is 4.99. The molecule has 1 aliphatic heterocycles. The van der Waals surface area contributed by atoms with Gasteiger partial charge >= 0.3 is 0 Å². The van der Waals surface area contributed by atoms with E-state index in [-0.39, 0.29) is 0 Å². The van der Waals surface area contributed by atoms with Crippen molar-refractivity contribution in [3.8, 4) is 5.75 Å². The third-order valence-corrected chi connectivity index (χ3v) is 3.87. The van der Waals surface area contributed by atoms with Crippen molar-refractivity contribution in [1.29, 1.82) is 0 Å². The average molecular weight is 241 g/mol. The molecule has 1 saturated heterocycles. The van der Waals surface area contributed by atoms with Crippen LogP contribution in [0.5, 0.6) is 5.75 Å². The van der Waals surface area contributed by atoms with Gasteiger partial charge in [0.1, 0.15) is 5.75 Å². The molecule has 2 nitrogen and oxygen atoms in total. The van der Waals surface area contributed by atoms with Crippen LogP contribution in [0.3, 0.4) is 0 Å². The molecule has 0 amide bonds. The molecule has 3 rings (SSSR count). The van der Waals surface area contributed by atoms with Crippen LogP contribution in [0.2, 0.25) is 0 Å². The first-order valence-corrected chi connectivity index (χ1v) is 6.66. The Morgan fingerprint density at radius 2 is 1.94 bits per heavy atom. The lowest BCUT2D eigenvalue weighted by Crippen LogP contribution is -2.28. The summed E-state index contributed by atoms with van der Waals surface area (Å²) in [5, 5.41) is 6.06. The fraction of sp³-hybridized carbons (Fsp3) is 0.375. The van der Waals surface area contributed by atoms with E-state index in [1.54, 1.807) is 7.11 Å². The van der Waals surface area contributed by atoms with Gasteiger partial charge in [0, 0.05) is 11.9 Å². The van der Waals surface area contributed by atoms with Crippen LogP contribution in [-0.4, -0.2) is 20.2 Å². The highest BCUT2D eigenvalue weighted by Gasteiger charge is 2.18. The van der Waals surface area contributed by atoms with Crippen LogP contribution >= 0.6 is 0 Å². The van der Waals surface area contributed by atoms with E-state index in [2.05, 4.69) is 41.7 Å². The summed E-state index contributed by atoms with van der Waals surface area (Å²) in [6.07, 6.45) is 2.55. The molecule has 94 valence electrons. The fourth-order valence-corrected chi connectivity index (χ4v) is 2.95. The Morgan fingerprint density at radius 3 is 2.67 bits per heavy atom. The molecule has 2 aromatic rings. The topological polar surface area (TPSA) is 21.3 Å². The molecule has 0 spiro atoms. The number of benzene rings is 2. The highest BCUT2D eigenvalue weighted by molar-refractivity contribution is 5.91. The average Bonchev–Trinajstić information content (AvgIpc) is 2.47. The Balaban J connectivity index is 2.12. The van der Waals surface area contributed by atoms with Gasteiger partial charge in [-0.3, -0.25) is 0 Å². The first kappa shape index (κ1) is 11.5. The van der Waals surface area contributed by atoms with Gasteiger partial charge < -0.3 is 10.1 Å². The van der Waals surface area contributed by atoms with Crippen LogP contribution in [0.25, 0.3) is 10.8 Å². The molecule has 0 aromatic heterocycles. The Labute approximate surface area is 108 Å². The summed E-state index contributed by atoms with van der Waals surface area (Å²) >= 11 is 0. The third-order valence-electron chi connectivity index (χ3n) is 3.87. The lowest BCUT2D eigenvalue weighted by molar-refractivity contribution is 0.419. The monoisotopic (exact) mass is 241 g/mol. The number of nitrogens with one attached hydrogen (secondary N) is 1. The second-order valence-electron chi connectivity index (χ2n) is 4.95. The van der Waals surface area contributed by atoms with Crippen molar-refractivity contribution in [1.82, 2.24) is 5.32 Å². The number of rotatable bonds is 2. The van der Waals surface area contributed by atoms with Gasteiger partial charge in [-0.25, -0.2) is 0 Å². The fourth-order valence-electron chi connectivity index (χ4n) is 2.95. The second-order valence-corrected chi connectivity index (χ2v) is 4.95. The minimum absolute atomic E-state index is 0.634. The molecule has 1 atom stereocenters. The predicted molar refractivity (Wildman–Crippen MR) is 75.3 cm³/mol. The van der Waals surface area contributed by atoms with E-state index in [1.807, 2.05) is 0 Å². The number of ether oxygens (including phenoxy) is 1. The molecule has 18 heavy (non-hydrogen) atoms. The molecule has 0 bridgehead atoms. The smallest absolute Gasteiger partial charge is 0.126 e. The molecule has 1 unspecified atom stereocenters. The lowest BCUT2D eigenvalue weighted by atomic mass is 9.88. The predicted octanol–water partition coefficient (Wildman–Crippen LogP) is 3.32. The van der Waals surface area contributed by atoms with E-state index in [0.29, 0.717) is 5.92 Å². The van der Waals surface area contributed by atoms with Crippen LogP contribution < -0.4 is 10.1 Å². The van der Waals surface area contributed by atoms with Gasteiger partial charge in [-0.2, -0.15) is 0 Å². The van der Waals surface area contributed by atoms with Crippen LogP contribution in [-0.2, 0) is 0 Å². The maximum Gasteiger partial charge on any atom is 0.126 e. The summed E-state index contributed by atoms with van der Waals surface area (Å²) in [6, 6.07) is 12.9. The summed E-state index contributed by atoms with van der Waals surface area (Å²) in [4.78, 5) is 0. The van der Waals surface area contributed by atoms with Crippen LogP contribution in [0.4, 0.5) is 0 Å². The molecule has 0 aliphatic carbocycles. The van der Waals surface area contributed by atoms with E-state index in [0.717, 1.165) is 18.8 Å². The minimum atomic E-state index is 0.634. The van der Waals surface area contributed by atoms with E-state index in [4.69, 9.17) is 4.74 Å². The van der Waals surface area contributed by atoms with Crippen LogP contribution in [0.1, 0.15) is 24.3 Å². The Morgan fingerprint density at radius 1 is 1.11 bits per heavy atom. The van der Waals surface area contributed by atoms with Gasteiger partial charge in [0.2, 0.25) is 0 Å². The highest BCUT2D eigenvalue weighted by Crippen LogP contribution is 2.34. The number of hydrogen-bond donors (Lipinski definition) is 1. The normalized spacial score (nSPS) is 19.9. The highest BCUT2D eigenvalue weighted by atomic mass is 16.5. The zero-order chi connectivity index (χ0) is 12.4. The van der Waals surface area contributed by atoms with Crippen molar-refractivity contribution >= 4 is 10.8 Å². The summed E-state index contributed by atoms with van der Waals surface area (Å²) in [5.74, 6) is 1.60.